The summed E-state index contributed by atoms with van der Waals surface area (Å²) in [4.78, 5) is 171. The molecular formula is C66H77N13O18. The van der Waals surface area contributed by atoms with Gasteiger partial charge in [-0.3, -0.25) is 52.7 Å². The Balaban J connectivity index is 1.23. The lowest BCUT2D eigenvalue weighted by Gasteiger charge is -2.28. The van der Waals surface area contributed by atoms with E-state index in [0.717, 1.165) is 0 Å². The molecule has 10 amide bonds. The van der Waals surface area contributed by atoms with Crippen molar-refractivity contribution in [2.75, 3.05) is 13.2 Å². The SMILES string of the molecule is NC(=O)CC[C@H](N)C(=O)N[C@@H](CO)C(=O)N[C@@H](Cc1ccc(O)cc1)C(=O)N[C@@H](CC(=O)O)C(=O)N[C@@H](Cc1ccccc1)C(=O)N[C@@H](CO)C(=O)N[C@@H](Cc1cnc[nH]1)C(=O)N[C@@H](Cc1ccc(O)cc1)C(=O)N[C@@H](Cc1ccccc1)C(=O)N[C@@H](Cc1ccccc1)C(=O)O. The minimum Gasteiger partial charge on any atom is -0.508 e. The molecule has 0 fully saturated rings. The van der Waals surface area contributed by atoms with Crippen LogP contribution in [0, 0.1) is 0 Å². The monoisotopic (exact) mass is 1340 g/mol. The number of nitrogens with two attached hydrogens (primary N) is 2. The Morgan fingerprint density at radius 3 is 1.02 bits per heavy atom. The summed E-state index contributed by atoms with van der Waals surface area (Å²) in [5.41, 5.74) is 13.5. The highest BCUT2D eigenvalue weighted by molar-refractivity contribution is 5.99. The number of aliphatic hydroxyl groups is 2. The van der Waals surface area contributed by atoms with Gasteiger partial charge in [-0.05, 0) is 58.5 Å². The lowest BCUT2D eigenvalue weighted by molar-refractivity contribution is -0.142. The number of phenolic OH excluding ortho intramolecular Hbond substituents is 2. The van der Waals surface area contributed by atoms with Crippen molar-refractivity contribution in [3.05, 3.63) is 186 Å². The number of amides is 10. The molecular weight excluding hydrogens is 1260 g/mol. The highest BCUT2D eigenvalue weighted by Gasteiger charge is 2.37. The predicted octanol–water partition coefficient (Wildman–Crippen LogP) is -2.92. The molecule has 514 valence electrons. The van der Waals surface area contributed by atoms with E-state index < -0.39 is 157 Å². The van der Waals surface area contributed by atoms with Gasteiger partial charge in [0.05, 0.1) is 32.0 Å². The van der Waals surface area contributed by atoms with E-state index in [1.54, 1.807) is 91.0 Å². The zero-order valence-corrected chi connectivity index (χ0v) is 52.2. The summed E-state index contributed by atoms with van der Waals surface area (Å²) < 4.78 is 0. The number of phenols is 2. The first-order valence-corrected chi connectivity index (χ1v) is 30.5. The Kier molecular flexibility index (Phi) is 28.7. The van der Waals surface area contributed by atoms with Gasteiger partial charge in [0, 0.05) is 56.8 Å². The number of carboxylic acids is 2. The second-order valence-electron chi connectivity index (χ2n) is 22.6. The molecule has 1 aromatic heterocycles. The molecule has 97 heavy (non-hydrogen) atoms. The van der Waals surface area contributed by atoms with E-state index in [-0.39, 0.29) is 62.1 Å². The number of aliphatic carboxylic acids is 2. The fourth-order valence-corrected chi connectivity index (χ4v) is 9.81. The average molecular weight is 1340 g/mol. The van der Waals surface area contributed by atoms with E-state index in [0.29, 0.717) is 27.8 Å². The van der Waals surface area contributed by atoms with Crippen molar-refractivity contribution in [2.24, 2.45) is 11.5 Å². The second kappa shape index (κ2) is 37.4. The van der Waals surface area contributed by atoms with Gasteiger partial charge in [-0.25, -0.2) is 9.78 Å². The first-order chi connectivity index (χ1) is 46.4. The van der Waals surface area contributed by atoms with Crippen molar-refractivity contribution in [1.82, 2.24) is 57.8 Å². The van der Waals surface area contributed by atoms with E-state index in [4.69, 9.17) is 11.5 Å². The number of aromatic amines is 1. The number of hydrogen-bond acceptors (Lipinski definition) is 18. The molecule has 0 spiro atoms. The molecule has 10 atom stereocenters. The van der Waals surface area contributed by atoms with Crippen LogP contribution in [0.4, 0.5) is 0 Å². The molecule has 6 aromatic rings. The molecule has 0 bridgehead atoms. The first-order valence-electron chi connectivity index (χ1n) is 30.5. The number of rotatable bonds is 38. The summed E-state index contributed by atoms with van der Waals surface area (Å²) in [6.07, 6.45) is -0.775. The number of aromatic hydroxyl groups is 2. The van der Waals surface area contributed by atoms with Crippen molar-refractivity contribution in [3.8, 4) is 11.5 Å². The number of nitrogens with zero attached hydrogens (tertiary/aromatic N) is 1. The quantitative estimate of drug-likeness (QED) is 0.0185. The number of aliphatic hydroxyl groups excluding tert-OH is 2. The maximum Gasteiger partial charge on any atom is 0.326 e. The number of imidazole rings is 1. The number of carbonyl (C=O) groups is 12. The molecule has 5 aromatic carbocycles. The Labute approximate surface area is 555 Å². The van der Waals surface area contributed by atoms with Crippen LogP contribution in [-0.4, -0.2) is 185 Å². The number of hydrogen-bond donors (Lipinski definition) is 18. The Morgan fingerprint density at radius 1 is 0.392 bits per heavy atom. The van der Waals surface area contributed by atoms with Crippen LogP contribution in [0.5, 0.6) is 11.5 Å². The van der Waals surface area contributed by atoms with Crippen LogP contribution in [0.2, 0.25) is 0 Å². The lowest BCUT2D eigenvalue weighted by Crippen LogP contribution is -2.62. The number of aromatic nitrogens is 2. The molecule has 0 radical (unpaired) electrons. The fourth-order valence-electron chi connectivity index (χ4n) is 9.81. The van der Waals surface area contributed by atoms with Crippen molar-refractivity contribution in [1.29, 1.82) is 0 Å². The van der Waals surface area contributed by atoms with Crippen molar-refractivity contribution < 1.29 is 88.2 Å². The molecule has 0 saturated heterocycles. The normalized spacial score (nSPS) is 14.1. The third-order valence-corrected chi connectivity index (χ3v) is 15.0. The van der Waals surface area contributed by atoms with Crippen LogP contribution in [-0.2, 0) is 96.1 Å². The van der Waals surface area contributed by atoms with E-state index in [1.165, 1.54) is 61.1 Å². The average Bonchev–Trinajstić information content (AvgIpc) is 1.49. The van der Waals surface area contributed by atoms with Crippen molar-refractivity contribution in [2.45, 2.75) is 118 Å². The highest BCUT2D eigenvalue weighted by Crippen LogP contribution is 2.16. The number of benzene rings is 5. The summed E-state index contributed by atoms with van der Waals surface area (Å²) in [7, 11) is 0. The molecule has 31 nitrogen and oxygen atoms in total. The predicted molar refractivity (Wildman–Crippen MR) is 344 cm³/mol. The first kappa shape index (κ1) is 74.5. The summed E-state index contributed by atoms with van der Waals surface area (Å²) in [6.45, 7) is -2.19. The van der Waals surface area contributed by atoms with E-state index in [9.17, 15) is 88.2 Å². The molecule has 0 aliphatic carbocycles. The molecule has 0 unspecified atom stereocenters. The summed E-state index contributed by atoms with van der Waals surface area (Å²) in [5, 5.41) is 83.0. The third kappa shape index (κ3) is 24.7. The zero-order valence-electron chi connectivity index (χ0n) is 52.2. The maximum atomic E-state index is 14.7. The Hall–Kier alpha value is -11.6. The molecule has 20 N–H and O–H groups in total. The smallest absolute Gasteiger partial charge is 0.326 e. The van der Waals surface area contributed by atoms with Gasteiger partial charge in [-0.2, -0.15) is 0 Å². The van der Waals surface area contributed by atoms with Crippen LogP contribution in [0.1, 0.15) is 52.8 Å². The number of carboxylic acid groups (broad SMARTS) is 2. The zero-order chi connectivity index (χ0) is 70.6. The van der Waals surface area contributed by atoms with Gasteiger partial charge in [0.25, 0.3) is 0 Å². The number of H-pyrrole nitrogens is 1. The van der Waals surface area contributed by atoms with Gasteiger partial charge < -0.3 is 94.9 Å². The molecule has 0 saturated carbocycles. The van der Waals surface area contributed by atoms with Gasteiger partial charge in [-0.15, -0.1) is 0 Å². The highest BCUT2D eigenvalue weighted by atomic mass is 16.4. The van der Waals surface area contributed by atoms with Crippen LogP contribution in [0.15, 0.2) is 152 Å². The summed E-state index contributed by atoms with van der Waals surface area (Å²) in [6, 6.07) is 19.0. The maximum absolute atomic E-state index is 14.7. The third-order valence-electron chi connectivity index (χ3n) is 15.0. The van der Waals surface area contributed by atoms with Crippen LogP contribution in [0.25, 0.3) is 0 Å². The molecule has 1 heterocycles. The van der Waals surface area contributed by atoms with Crippen LogP contribution < -0.4 is 59.3 Å². The van der Waals surface area contributed by atoms with E-state index in [1.807, 2.05) is 0 Å². The fraction of sp³-hybridized carbons (Fsp3) is 0.318. The van der Waals surface area contributed by atoms with Crippen LogP contribution >= 0.6 is 0 Å². The minimum atomic E-state index is -2.04. The van der Waals surface area contributed by atoms with Gasteiger partial charge >= 0.3 is 11.9 Å². The number of carbonyl (C=O) groups excluding carboxylic acids is 10. The van der Waals surface area contributed by atoms with Gasteiger partial charge in [0.15, 0.2) is 0 Å². The molecule has 0 aliphatic rings. The van der Waals surface area contributed by atoms with Gasteiger partial charge in [0.2, 0.25) is 59.1 Å². The molecule has 6 rings (SSSR count). The van der Waals surface area contributed by atoms with E-state index >= 15 is 0 Å². The van der Waals surface area contributed by atoms with Gasteiger partial charge in [0.1, 0.15) is 65.9 Å². The molecule has 0 aliphatic heterocycles. The summed E-state index contributed by atoms with van der Waals surface area (Å²) >= 11 is 0. The standard InChI is InChI=1S/C66H77N13O18/c67-45(24-25-55(68)84)57(87)78-53(34-80)64(94)74-49(29-41-18-22-44(83)23-19-41)59(89)76-51(32-56(85)86)63(93)73-47(27-38-12-6-2-7-13-38)61(91)79-54(35-81)65(95)75-50(31-42-33-69-36-70-42)62(92)72-48(28-40-16-20-43(82)21-17-40)58(88)71-46(26-37-10-4-1-5-11-37)60(90)77-52(66(96)97)30-39-14-8-3-9-15-39/h1-23,33,36,45-54,80-83H,24-32,34-35,67H2,(H2,68,84)(H,69,70)(H,71,88)(H,72,92)(H,73,93)(H,74,94)(H,75,95)(H,76,89)(H,77,90)(H,78,87)(H,79,91)(H,85,86)(H,96,97)/t45-,46-,47-,48-,49-,50-,51-,52-,53-,54-/m0/s1. The molecule has 31 heteroatoms. The van der Waals surface area contributed by atoms with Crippen LogP contribution in [0.3, 0.4) is 0 Å². The number of nitrogens with one attached hydrogen (secondary N) is 10. The minimum absolute atomic E-state index is 0.113. The van der Waals surface area contributed by atoms with Crippen molar-refractivity contribution in [3.63, 3.8) is 0 Å². The summed E-state index contributed by atoms with van der Waals surface area (Å²) in [5.74, 6) is -14.0. The van der Waals surface area contributed by atoms with Gasteiger partial charge in [-0.1, -0.05) is 115 Å². The topological polar surface area (TPSA) is 515 Å². The van der Waals surface area contributed by atoms with Crippen molar-refractivity contribution >= 4 is 71.0 Å². The Morgan fingerprint density at radius 2 is 0.691 bits per heavy atom. The van der Waals surface area contributed by atoms with E-state index in [2.05, 4.69) is 57.8 Å². The number of primary amides is 1. The Bertz CT molecular complexity index is 3650. The largest absolute Gasteiger partial charge is 0.508 e. The lowest BCUT2D eigenvalue weighted by atomic mass is 10.0. The second-order valence-corrected chi connectivity index (χ2v) is 22.6.